The predicted molar refractivity (Wildman–Crippen MR) is 79.4 cm³/mol. The highest BCUT2D eigenvalue weighted by molar-refractivity contribution is 5.76. The minimum Gasteiger partial charge on any atom is -0.343 e. The lowest BCUT2D eigenvalue weighted by atomic mass is 10.3. The molecule has 0 bridgehead atoms. The highest BCUT2D eigenvalue weighted by Gasteiger charge is 2.16. The molecule has 0 spiro atoms. The summed E-state index contributed by atoms with van der Waals surface area (Å²) in [5, 5.41) is 7.89. The Labute approximate surface area is 121 Å². The lowest BCUT2D eigenvalue weighted by Gasteiger charge is -2.15. The first kappa shape index (κ1) is 15.0. The van der Waals surface area contributed by atoms with Gasteiger partial charge in [-0.3, -0.25) is 9.48 Å². The van der Waals surface area contributed by atoms with Gasteiger partial charge in [-0.15, -0.1) is 0 Å². The summed E-state index contributed by atoms with van der Waals surface area (Å²) in [6, 6.07) is 2.15. The van der Waals surface area contributed by atoms with Crippen LogP contribution in [0, 0.1) is 0 Å². The second-order valence-electron chi connectivity index (χ2n) is 5.31. The van der Waals surface area contributed by atoms with Crippen molar-refractivity contribution in [2.45, 2.75) is 52.6 Å². The lowest BCUT2D eigenvalue weighted by Crippen LogP contribution is -2.30. The van der Waals surface area contributed by atoms with Gasteiger partial charge in [0.15, 0.2) is 0 Å². The number of carbonyl (C=O) groups is 1. The smallest absolute Gasteiger partial charge is 0.223 e. The fourth-order valence-electron chi connectivity index (χ4n) is 2.64. The molecule has 20 heavy (non-hydrogen) atoms. The molecular weight excluding hydrogens is 252 g/mol. The maximum absolute atomic E-state index is 11.9. The standard InChI is InChI=1S/C15H26N4O/c1-3-13-11-14(19(4-2)17-13)12-16-8-7-15(20)18-9-5-6-10-18/h11,16H,3-10,12H2,1-2H3. The molecule has 1 aromatic rings. The molecule has 1 aromatic heterocycles. The maximum atomic E-state index is 11.9. The third kappa shape index (κ3) is 3.82. The van der Waals surface area contributed by atoms with Crippen molar-refractivity contribution < 1.29 is 4.79 Å². The molecule has 5 nitrogen and oxygen atoms in total. The minimum atomic E-state index is 0.285. The Kier molecular flexibility index (Phi) is 5.59. The van der Waals surface area contributed by atoms with Gasteiger partial charge in [-0.25, -0.2) is 0 Å². The molecular formula is C15H26N4O. The number of aryl methyl sites for hydroxylation is 2. The van der Waals surface area contributed by atoms with E-state index in [9.17, 15) is 4.79 Å². The van der Waals surface area contributed by atoms with Crippen LogP contribution >= 0.6 is 0 Å². The molecule has 0 radical (unpaired) electrons. The van der Waals surface area contributed by atoms with E-state index < -0.39 is 0 Å². The monoisotopic (exact) mass is 278 g/mol. The molecule has 1 amide bonds. The van der Waals surface area contributed by atoms with Crippen LogP contribution in [0.5, 0.6) is 0 Å². The van der Waals surface area contributed by atoms with Crippen molar-refractivity contribution >= 4 is 5.91 Å². The van der Waals surface area contributed by atoms with Gasteiger partial charge in [-0.05, 0) is 32.3 Å². The van der Waals surface area contributed by atoms with Gasteiger partial charge < -0.3 is 10.2 Å². The number of nitrogens with one attached hydrogen (secondary N) is 1. The third-order valence-electron chi connectivity index (χ3n) is 3.86. The highest BCUT2D eigenvalue weighted by atomic mass is 16.2. The molecule has 1 saturated heterocycles. The Morgan fingerprint density at radius 3 is 2.75 bits per heavy atom. The van der Waals surface area contributed by atoms with Crippen molar-refractivity contribution in [2.24, 2.45) is 0 Å². The Morgan fingerprint density at radius 1 is 1.35 bits per heavy atom. The zero-order chi connectivity index (χ0) is 14.4. The summed E-state index contributed by atoms with van der Waals surface area (Å²) >= 11 is 0. The fraction of sp³-hybridized carbons (Fsp3) is 0.733. The van der Waals surface area contributed by atoms with Crippen molar-refractivity contribution in [1.82, 2.24) is 20.0 Å². The van der Waals surface area contributed by atoms with Crippen LogP contribution in [0.4, 0.5) is 0 Å². The summed E-state index contributed by atoms with van der Waals surface area (Å²) in [6.07, 6.45) is 3.89. The largest absolute Gasteiger partial charge is 0.343 e. The van der Waals surface area contributed by atoms with Crippen LogP contribution in [0.2, 0.25) is 0 Å². The van der Waals surface area contributed by atoms with Crippen LogP contribution in [0.3, 0.4) is 0 Å². The van der Waals surface area contributed by atoms with Gasteiger partial charge in [0.1, 0.15) is 0 Å². The van der Waals surface area contributed by atoms with E-state index in [0.717, 1.165) is 57.7 Å². The number of likely N-dealkylation sites (tertiary alicyclic amines) is 1. The zero-order valence-electron chi connectivity index (χ0n) is 12.7. The molecule has 0 aliphatic carbocycles. The molecule has 1 aliphatic heterocycles. The topological polar surface area (TPSA) is 50.2 Å². The van der Waals surface area contributed by atoms with E-state index >= 15 is 0 Å². The number of amides is 1. The summed E-state index contributed by atoms with van der Waals surface area (Å²) in [7, 11) is 0. The normalized spacial score (nSPS) is 15.0. The van der Waals surface area contributed by atoms with Crippen molar-refractivity contribution in [3.05, 3.63) is 17.5 Å². The van der Waals surface area contributed by atoms with Crippen LogP contribution in [0.25, 0.3) is 0 Å². The van der Waals surface area contributed by atoms with Crippen molar-refractivity contribution in [3.63, 3.8) is 0 Å². The summed E-state index contributed by atoms with van der Waals surface area (Å²) in [5.41, 5.74) is 2.34. The number of rotatable bonds is 7. The van der Waals surface area contributed by atoms with Gasteiger partial charge in [0.25, 0.3) is 0 Å². The number of nitrogens with zero attached hydrogens (tertiary/aromatic N) is 3. The molecule has 0 unspecified atom stereocenters. The van der Waals surface area contributed by atoms with Gasteiger partial charge in [0.05, 0.1) is 11.4 Å². The summed E-state index contributed by atoms with van der Waals surface area (Å²) in [6.45, 7) is 8.53. The van der Waals surface area contributed by atoms with Gasteiger partial charge in [-0.2, -0.15) is 5.10 Å². The van der Waals surface area contributed by atoms with E-state index in [1.165, 1.54) is 5.69 Å². The second-order valence-corrected chi connectivity index (χ2v) is 5.31. The quantitative estimate of drug-likeness (QED) is 0.770. The van der Waals surface area contributed by atoms with Crippen LogP contribution < -0.4 is 5.32 Å². The van der Waals surface area contributed by atoms with Gasteiger partial charge >= 0.3 is 0 Å². The van der Waals surface area contributed by atoms with Crippen molar-refractivity contribution in [2.75, 3.05) is 19.6 Å². The van der Waals surface area contributed by atoms with Gasteiger partial charge in [0, 0.05) is 39.1 Å². The highest BCUT2D eigenvalue weighted by Crippen LogP contribution is 2.09. The molecule has 1 fully saturated rings. The molecule has 1 N–H and O–H groups in total. The van der Waals surface area contributed by atoms with Crippen molar-refractivity contribution in [3.8, 4) is 0 Å². The predicted octanol–water partition coefficient (Wildman–Crippen LogP) is 1.57. The number of aromatic nitrogens is 2. The Morgan fingerprint density at radius 2 is 2.10 bits per heavy atom. The Bertz CT molecular complexity index is 435. The Hall–Kier alpha value is -1.36. The molecule has 1 aliphatic rings. The first-order valence-corrected chi connectivity index (χ1v) is 7.78. The molecule has 5 heteroatoms. The molecule has 0 saturated carbocycles. The van der Waals surface area contributed by atoms with E-state index in [-0.39, 0.29) is 5.91 Å². The maximum Gasteiger partial charge on any atom is 0.223 e. The number of carbonyl (C=O) groups excluding carboxylic acids is 1. The van der Waals surface area contributed by atoms with Crippen LogP contribution in [0.15, 0.2) is 6.07 Å². The molecule has 2 rings (SSSR count). The number of hydrogen-bond acceptors (Lipinski definition) is 3. The van der Waals surface area contributed by atoms with Crippen LogP contribution in [-0.2, 0) is 24.3 Å². The van der Waals surface area contributed by atoms with E-state index in [4.69, 9.17) is 0 Å². The molecule has 2 heterocycles. The summed E-state index contributed by atoms with van der Waals surface area (Å²) < 4.78 is 2.04. The summed E-state index contributed by atoms with van der Waals surface area (Å²) in [4.78, 5) is 13.9. The summed E-state index contributed by atoms with van der Waals surface area (Å²) in [5.74, 6) is 0.285. The van der Waals surface area contributed by atoms with Crippen molar-refractivity contribution in [1.29, 1.82) is 0 Å². The zero-order valence-corrected chi connectivity index (χ0v) is 12.7. The van der Waals surface area contributed by atoms with Crippen LogP contribution in [0.1, 0.15) is 44.5 Å². The average molecular weight is 278 g/mol. The minimum absolute atomic E-state index is 0.285. The van der Waals surface area contributed by atoms with Crippen LogP contribution in [-0.4, -0.2) is 40.2 Å². The Balaban J connectivity index is 1.72. The molecule has 0 aromatic carbocycles. The molecule has 0 atom stereocenters. The van der Waals surface area contributed by atoms with E-state index in [2.05, 4.69) is 30.3 Å². The fourth-order valence-corrected chi connectivity index (χ4v) is 2.64. The third-order valence-corrected chi connectivity index (χ3v) is 3.86. The van der Waals surface area contributed by atoms with E-state index in [1.807, 2.05) is 9.58 Å². The van der Waals surface area contributed by atoms with Gasteiger partial charge in [-0.1, -0.05) is 6.92 Å². The average Bonchev–Trinajstić information content (AvgIpc) is 3.12. The first-order chi connectivity index (χ1) is 9.74. The lowest BCUT2D eigenvalue weighted by molar-refractivity contribution is -0.130. The van der Waals surface area contributed by atoms with E-state index in [0.29, 0.717) is 6.42 Å². The molecule has 112 valence electrons. The first-order valence-electron chi connectivity index (χ1n) is 7.78. The SMILES string of the molecule is CCc1cc(CNCCC(=O)N2CCCC2)n(CC)n1. The second kappa shape index (κ2) is 7.43. The van der Waals surface area contributed by atoms with E-state index in [1.54, 1.807) is 0 Å². The van der Waals surface area contributed by atoms with Gasteiger partial charge in [0.2, 0.25) is 5.91 Å². The number of hydrogen-bond donors (Lipinski definition) is 1.